The van der Waals surface area contributed by atoms with E-state index in [2.05, 4.69) is 41.5 Å². The summed E-state index contributed by atoms with van der Waals surface area (Å²) in [6.45, 7) is 9.60. The van der Waals surface area contributed by atoms with Crippen LogP contribution in [0, 0.1) is 11.8 Å². The van der Waals surface area contributed by atoms with Crippen molar-refractivity contribution in [3.05, 3.63) is 0 Å². The van der Waals surface area contributed by atoms with Crippen LogP contribution in [0.25, 0.3) is 0 Å². The SMILES string of the molecule is CCCCCCCCCCCCCCCCCCCCCC(=O)O[C@H](COC(=O)CCCCCCCCCCCCC(C)CC)COP(=O)(O)OC[C@@H](O)COP(=O)(O)OC[C@@H](COC(=O)CCCCCCCCC)OC(=O)CCCCCCCCCCCCC(C)CC. The second kappa shape index (κ2) is 66.9. The Labute approximate surface area is 575 Å². The fourth-order valence-electron chi connectivity index (χ4n) is 11.4. The van der Waals surface area contributed by atoms with Crippen molar-refractivity contribution >= 4 is 39.5 Å². The van der Waals surface area contributed by atoms with Gasteiger partial charge in [-0.05, 0) is 37.5 Å². The molecule has 4 unspecified atom stereocenters. The summed E-state index contributed by atoms with van der Waals surface area (Å²) in [6.07, 6.45) is 54.1. The van der Waals surface area contributed by atoms with E-state index in [1.807, 2.05) is 0 Å². The normalized spacial score (nSPS) is 14.6. The van der Waals surface area contributed by atoms with Crippen molar-refractivity contribution < 1.29 is 80.2 Å². The van der Waals surface area contributed by atoms with Gasteiger partial charge < -0.3 is 33.8 Å². The molecule has 0 aliphatic rings. The second-order valence-corrected chi connectivity index (χ2v) is 30.4. The Bertz CT molecular complexity index is 1820. The Kier molecular flexibility index (Phi) is 65.5. The van der Waals surface area contributed by atoms with Gasteiger partial charge in [0.2, 0.25) is 0 Å². The number of carbonyl (C=O) groups excluding carboxylic acids is 4. The minimum Gasteiger partial charge on any atom is -0.462 e. The third kappa shape index (κ3) is 66.0. The minimum atomic E-state index is -4.96. The van der Waals surface area contributed by atoms with E-state index in [0.29, 0.717) is 25.7 Å². The summed E-state index contributed by atoms with van der Waals surface area (Å²) in [7, 11) is -9.90. The van der Waals surface area contributed by atoms with Crippen LogP contribution < -0.4 is 0 Å². The Morgan fingerprint density at radius 2 is 0.511 bits per heavy atom. The first-order chi connectivity index (χ1) is 45.4. The first kappa shape index (κ1) is 92.1. The molecular formula is C75H146O17P2. The minimum absolute atomic E-state index is 0.106. The molecule has 0 rings (SSSR count). The Balaban J connectivity index is 5.20. The lowest BCUT2D eigenvalue weighted by molar-refractivity contribution is -0.161. The Morgan fingerprint density at radius 1 is 0.298 bits per heavy atom. The van der Waals surface area contributed by atoms with Crippen LogP contribution in [0.5, 0.6) is 0 Å². The van der Waals surface area contributed by atoms with E-state index < -0.39 is 97.5 Å². The van der Waals surface area contributed by atoms with E-state index in [0.717, 1.165) is 115 Å². The van der Waals surface area contributed by atoms with Gasteiger partial charge in [-0.2, -0.15) is 0 Å². The quantitative estimate of drug-likeness (QED) is 0.0222. The number of hydrogen-bond acceptors (Lipinski definition) is 15. The molecule has 3 N–H and O–H groups in total. The highest BCUT2D eigenvalue weighted by molar-refractivity contribution is 7.47. The predicted octanol–water partition coefficient (Wildman–Crippen LogP) is 21.9. The standard InChI is InChI=1S/C75H146O17P2/c1-7-11-13-15-17-18-19-20-21-22-23-24-25-26-27-35-41-47-53-59-74(79)92-71(64-86-73(78)58-52-46-40-34-30-28-32-38-43-49-55-67(5)9-3)66-90-94(83,84)88-62-69(76)61-87-93(81,82)89-65-70(63-85-72(77)57-51-45-37-16-14-12-8-2)91-75(80)60-54-48-42-36-31-29-33-39-44-50-56-68(6)10-4/h67-71,76H,7-66H2,1-6H3,(H,81,82)(H,83,84)/t67?,68?,69-,70+,71+/m0/s1. The van der Waals surface area contributed by atoms with E-state index in [1.165, 1.54) is 193 Å². The summed E-state index contributed by atoms with van der Waals surface area (Å²) in [4.78, 5) is 72.6. The molecule has 0 saturated carbocycles. The van der Waals surface area contributed by atoms with Gasteiger partial charge in [-0.15, -0.1) is 0 Å². The van der Waals surface area contributed by atoms with Gasteiger partial charge >= 0.3 is 39.5 Å². The molecule has 0 aromatic rings. The fourth-order valence-corrected chi connectivity index (χ4v) is 13.0. The van der Waals surface area contributed by atoms with Crippen molar-refractivity contribution in [1.82, 2.24) is 0 Å². The third-order valence-corrected chi connectivity index (χ3v) is 20.1. The highest BCUT2D eigenvalue weighted by Gasteiger charge is 2.30. The number of hydrogen-bond donors (Lipinski definition) is 3. The van der Waals surface area contributed by atoms with Gasteiger partial charge in [0.05, 0.1) is 26.4 Å². The zero-order valence-electron chi connectivity index (χ0n) is 61.3. The van der Waals surface area contributed by atoms with Gasteiger partial charge in [0.1, 0.15) is 19.3 Å². The average molecular weight is 1380 g/mol. The first-order valence-corrected chi connectivity index (χ1v) is 42.1. The van der Waals surface area contributed by atoms with Crippen molar-refractivity contribution in [1.29, 1.82) is 0 Å². The van der Waals surface area contributed by atoms with Crippen molar-refractivity contribution in [2.45, 2.75) is 407 Å². The number of rotatable bonds is 74. The lowest BCUT2D eigenvalue weighted by atomic mass is 9.99. The summed E-state index contributed by atoms with van der Waals surface area (Å²) in [5.74, 6) is -0.509. The van der Waals surface area contributed by atoms with E-state index in [9.17, 15) is 43.2 Å². The molecule has 0 amide bonds. The monoisotopic (exact) mass is 1380 g/mol. The van der Waals surface area contributed by atoms with Crippen molar-refractivity contribution in [2.75, 3.05) is 39.6 Å². The number of unbranched alkanes of at least 4 members (excludes halogenated alkanes) is 42. The maximum absolute atomic E-state index is 13.1. The van der Waals surface area contributed by atoms with Crippen molar-refractivity contribution in [2.24, 2.45) is 11.8 Å². The molecule has 17 nitrogen and oxygen atoms in total. The molecule has 0 aromatic carbocycles. The molecule has 0 aliphatic carbocycles. The summed E-state index contributed by atoms with van der Waals surface area (Å²) in [5.41, 5.74) is 0. The zero-order valence-corrected chi connectivity index (χ0v) is 63.1. The van der Waals surface area contributed by atoms with Gasteiger partial charge in [0.25, 0.3) is 0 Å². The van der Waals surface area contributed by atoms with Crippen LogP contribution in [0.3, 0.4) is 0 Å². The second-order valence-electron chi connectivity index (χ2n) is 27.5. The lowest BCUT2D eigenvalue weighted by Gasteiger charge is -2.21. The first-order valence-electron chi connectivity index (χ1n) is 39.1. The van der Waals surface area contributed by atoms with Crippen LogP contribution >= 0.6 is 15.6 Å². The van der Waals surface area contributed by atoms with Crippen LogP contribution in [0.1, 0.15) is 388 Å². The molecule has 558 valence electrons. The molecule has 7 atom stereocenters. The van der Waals surface area contributed by atoms with Crippen LogP contribution in [0.2, 0.25) is 0 Å². The molecule has 0 bridgehead atoms. The van der Waals surface area contributed by atoms with Crippen LogP contribution in [-0.4, -0.2) is 96.7 Å². The highest BCUT2D eigenvalue weighted by atomic mass is 31.2. The number of aliphatic hydroxyl groups is 1. The fraction of sp³-hybridized carbons (Fsp3) is 0.947. The number of phosphoric ester groups is 2. The van der Waals surface area contributed by atoms with Gasteiger partial charge in [-0.3, -0.25) is 37.3 Å². The van der Waals surface area contributed by atoms with E-state index >= 15 is 0 Å². The largest absolute Gasteiger partial charge is 0.472 e. The highest BCUT2D eigenvalue weighted by Crippen LogP contribution is 2.45. The summed E-state index contributed by atoms with van der Waals surface area (Å²) in [6, 6.07) is 0. The molecule has 94 heavy (non-hydrogen) atoms. The molecular weight excluding hydrogens is 1230 g/mol. The molecule has 0 saturated heterocycles. The number of aliphatic hydroxyl groups excluding tert-OH is 1. The van der Waals surface area contributed by atoms with E-state index in [1.54, 1.807) is 0 Å². The van der Waals surface area contributed by atoms with Gasteiger partial charge in [-0.1, -0.05) is 337 Å². The lowest BCUT2D eigenvalue weighted by Crippen LogP contribution is -2.30. The molecule has 0 aliphatic heterocycles. The number of esters is 4. The van der Waals surface area contributed by atoms with Crippen LogP contribution in [0.15, 0.2) is 0 Å². The topological polar surface area (TPSA) is 237 Å². The Morgan fingerprint density at radius 3 is 0.755 bits per heavy atom. The Hall–Kier alpha value is -1.94. The van der Waals surface area contributed by atoms with Gasteiger partial charge in [0.15, 0.2) is 12.2 Å². The summed E-state index contributed by atoms with van der Waals surface area (Å²) >= 11 is 0. The van der Waals surface area contributed by atoms with Crippen LogP contribution in [-0.2, 0) is 65.4 Å². The number of ether oxygens (including phenoxy) is 4. The van der Waals surface area contributed by atoms with Gasteiger partial charge in [-0.25, -0.2) is 9.13 Å². The number of phosphoric acid groups is 2. The van der Waals surface area contributed by atoms with E-state index in [4.69, 9.17) is 37.0 Å². The van der Waals surface area contributed by atoms with Gasteiger partial charge in [0, 0.05) is 25.7 Å². The molecule has 0 radical (unpaired) electrons. The average Bonchev–Trinajstić information content (AvgIpc) is 1.56. The predicted molar refractivity (Wildman–Crippen MR) is 381 cm³/mol. The number of carbonyl (C=O) groups is 4. The van der Waals surface area contributed by atoms with Crippen LogP contribution in [0.4, 0.5) is 0 Å². The maximum Gasteiger partial charge on any atom is 0.472 e. The zero-order chi connectivity index (χ0) is 69.3. The smallest absolute Gasteiger partial charge is 0.462 e. The molecule has 0 spiro atoms. The summed E-state index contributed by atoms with van der Waals surface area (Å²) < 4.78 is 68.4. The molecule has 0 heterocycles. The molecule has 0 fully saturated rings. The van der Waals surface area contributed by atoms with Crippen molar-refractivity contribution in [3.8, 4) is 0 Å². The van der Waals surface area contributed by atoms with Crippen molar-refractivity contribution in [3.63, 3.8) is 0 Å². The maximum atomic E-state index is 13.1. The molecule has 0 aromatic heterocycles. The third-order valence-electron chi connectivity index (χ3n) is 18.2. The molecule has 19 heteroatoms. The van der Waals surface area contributed by atoms with E-state index in [-0.39, 0.29) is 25.7 Å². The summed E-state index contributed by atoms with van der Waals surface area (Å²) in [5, 5.41) is 10.6.